The van der Waals surface area contributed by atoms with Crippen LogP contribution < -0.4 is 0 Å². The zero-order chi connectivity index (χ0) is 16.1. The fraction of sp³-hybridized carbons (Fsp3) is 0.0952. The van der Waals surface area contributed by atoms with Gasteiger partial charge in [-0.1, -0.05) is 54.6 Å². The van der Waals surface area contributed by atoms with Gasteiger partial charge in [-0.15, -0.1) is 0 Å². The Kier molecular flexibility index (Phi) is 4.46. The van der Waals surface area contributed by atoms with Crippen LogP contribution in [-0.4, -0.2) is 6.01 Å². The van der Waals surface area contributed by atoms with Crippen molar-refractivity contribution in [3.8, 4) is 11.1 Å². The van der Waals surface area contributed by atoms with Crippen molar-refractivity contribution in [1.29, 1.82) is 0 Å². The van der Waals surface area contributed by atoms with Gasteiger partial charge in [0.2, 0.25) is 0 Å². The van der Waals surface area contributed by atoms with E-state index in [0.29, 0.717) is 0 Å². The van der Waals surface area contributed by atoms with Gasteiger partial charge in [0.05, 0.1) is 11.4 Å². The first-order valence-electron chi connectivity index (χ1n) is 7.63. The average Bonchev–Trinajstić information content (AvgIpc) is 2.59. The number of nitrogens with zero attached hydrogens (tertiary/aromatic N) is 2. The lowest BCUT2D eigenvalue weighted by atomic mass is 9.96. The molecule has 3 aromatic rings. The molecule has 0 atom stereocenters. The lowest BCUT2D eigenvalue weighted by Gasteiger charge is -2.10. The first-order valence-corrected chi connectivity index (χ1v) is 7.63. The molecule has 0 heterocycles. The van der Waals surface area contributed by atoms with E-state index in [1.54, 1.807) is 0 Å². The number of hydrogen-bond donors (Lipinski definition) is 0. The first kappa shape index (κ1) is 15.0. The maximum Gasteiger partial charge on any atom is 0.100 e. The quantitative estimate of drug-likeness (QED) is 0.521. The summed E-state index contributed by atoms with van der Waals surface area (Å²) in [7, 11) is 0. The summed E-state index contributed by atoms with van der Waals surface area (Å²) in [5, 5.41) is 0. The highest BCUT2D eigenvalue weighted by Gasteiger charge is 2.07. The van der Waals surface area contributed by atoms with Crippen LogP contribution >= 0.6 is 0 Å². The summed E-state index contributed by atoms with van der Waals surface area (Å²) in [6.07, 6.45) is 0. The van der Waals surface area contributed by atoms with Gasteiger partial charge in [0.25, 0.3) is 0 Å². The van der Waals surface area contributed by atoms with Crippen LogP contribution in [0.5, 0.6) is 0 Å². The minimum atomic E-state index is 0.848. The van der Waals surface area contributed by atoms with E-state index < -0.39 is 0 Å². The van der Waals surface area contributed by atoms with Gasteiger partial charge in [-0.05, 0) is 48.7 Å². The third-order valence-corrected chi connectivity index (χ3v) is 3.90. The molecule has 2 nitrogen and oxygen atoms in total. The van der Waals surface area contributed by atoms with Crippen molar-refractivity contribution >= 4 is 17.4 Å². The van der Waals surface area contributed by atoms with E-state index in [1.165, 1.54) is 16.7 Å². The second kappa shape index (κ2) is 6.87. The molecule has 2 heteroatoms. The van der Waals surface area contributed by atoms with Gasteiger partial charge in [-0.2, -0.15) is 9.98 Å². The highest BCUT2D eigenvalue weighted by molar-refractivity contribution is 5.80. The Morgan fingerprint density at radius 2 is 1.35 bits per heavy atom. The van der Waals surface area contributed by atoms with Crippen LogP contribution in [0.4, 0.5) is 11.4 Å². The fourth-order valence-corrected chi connectivity index (χ4v) is 2.48. The second-order valence-corrected chi connectivity index (χ2v) is 5.42. The standard InChI is InChI=1S/C21H18N2/c1-16-9-8-13-19(17(16)2)20-12-6-7-14-21(20)23-15-22-18-10-4-3-5-11-18/h3-14H,1-2H3. The minimum absolute atomic E-state index is 0.848. The molecule has 0 amide bonds. The molecule has 0 aliphatic heterocycles. The van der Waals surface area contributed by atoms with Crippen LogP contribution in [0.3, 0.4) is 0 Å². The van der Waals surface area contributed by atoms with Crippen molar-refractivity contribution in [3.63, 3.8) is 0 Å². The molecule has 112 valence electrons. The van der Waals surface area contributed by atoms with Crippen molar-refractivity contribution in [2.75, 3.05) is 0 Å². The summed E-state index contributed by atoms with van der Waals surface area (Å²) >= 11 is 0. The molecule has 0 saturated heterocycles. The minimum Gasteiger partial charge on any atom is -0.188 e. The van der Waals surface area contributed by atoms with Crippen molar-refractivity contribution < 1.29 is 0 Å². The van der Waals surface area contributed by atoms with Crippen molar-refractivity contribution in [3.05, 3.63) is 83.9 Å². The smallest absolute Gasteiger partial charge is 0.100 e. The lowest BCUT2D eigenvalue weighted by molar-refractivity contribution is 1.34. The number of rotatable bonds is 3. The number of aliphatic imine (C=N–C) groups is 2. The van der Waals surface area contributed by atoms with Gasteiger partial charge in [-0.3, -0.25) is 0 Å². The van der Waals surface area contributed by atoms with Crippen LogP contribution in [0.15, 0.2) is 82.8 Å². The van der Waals surface area contributed by atoms with E-state index in [2.05, 4.69) is 54.1 Å². The van der Waals surface area contributed by atoms with Crippen LogP contribution in [0.2, 0.25) is 0 Å². The molecule has 0 aliphatic carbocycles. The summed E-state index contributed by atoms with van der Waals surface area (Å²) < 4.78 is 0. The van der Waals surface area contributed by atoms with E-state index in [-0.39, 0.29) is 0 Å². The molecule has 0 aliphatic rings. The summed E-state index contributed by atoms with van der Waals surface area (Å²) in [5.41, 5.74) is 6.58. The molecule has 0 N–H and O–H groups in total. The van der Waals surface area contributed by atoms with Gasteiger partial charge in [0, 0.05) is 5.56 Å². The molecule has 0 saturated carbocycles. The number of para-hydroxylation sites is 2. The topological polar surface area (TPSA) is 24.7 Å². The SMILES string of the molecule is Cc1cccc(-c2ccccc2N=C=Nc2ccccc2)c1C. The largest absolute Gasteiger partial charge is 0.188 e. The van der Waals surface area contributed by atoms with E-state index in [0.717, 1.165) is 16.9 Å². The second-order valence-electron chi connectivity index (χ2n) is 5.42. The van der Waals surface area contributed by atoms with Crippen LogP contribution in [0.1, 0.15) is 11.1 Å². The van der Waals surface area contributed by atoms with Crippen LogP contribution in [0, 0.1) is 13.8 Å². The zero-order valence-electron chi connectivity index (χ0n) is 13.3. The van der Waals surface area contributed by atoms with Gasteiger partial charge in [-0.25, -0.2) is 0 Å². The van der Waals surface area contributed by atoms with Crippen molar-refractivity contribution in [1.82, 2.24) is 0 Å². The molecule has 0 aromatic heterocycles. The highest BCUT2D eigenvalue weighted by Crippen LogP contribution is 2.33. The maximum absolute atomic E-state index is 4.43. The summed E-state index contributed by atoms with van der Waals surface area (Å²) in [5.74, 6) is 0. The van der Waals surface area contributed by atoms with Crippen molar-refractivity contribution in [2.45, 2.75) is 13.8 Å². The first-order chi connectivity index (χ1) is 11.3. The molecular formula is C21H18N2. The molecule has 0 fully saturated rings. The van der Waals surface area contributed by atoms with E-state index in [1.807, 2.05) is 48.5 Å². The molecule has 0 spiro atoms. The monoisotopic (exact) mass is 298 g/mol. The normalized spacial score (nSPS) is 10.0. The number of hydrogen-bond acceptors (Lipinski definition) is 2. The van der Waals surface area contributed by atoms with Gasteiger partial charge in [0.15, 0.2) is 0 Å². The Morgan fingerprint density at radius 3 is 2.17 bits per heavy atom. The van der Waals surface area contributed by atoms with Gasteiger partial charge < -0.3 is 0 Å². The fourth-order valence-electron chi connectivity index (χ4n) is 2.48. The molecule has 0 bridgehead atoms. The van der Waals surface area contributed by atoms with Gasteiger partial charge >= 0.3 is 0 Å². The van der Waals surface area contributed by atoms with E-state index in [9.17, 15) is 0 Å². The Bertz CT molecular complexity index is 873. The Morgan fingerprint density at radius 1 is 0.652 bits per heavy atom. The highest BCUT2D eigenvalue weighted by atomic mass is 14.8. The Balaban J connectivity index is 2.02. The number of aryl methyl sites for hydroxylation is 1. The molecule has 0 unspecified atom stereocenters. The number of benzene rings is 3. The molecule has 3 rings (SSSR count). The predicted octanol–water partition coefficient (Wildman–Crippen LogP) is 6.11. The molecule has 23 heavy (non-hydrogen) atoms. The average molecular weight is 298 g/mol. The molecular weight excluding hydrogens is 280 g/mol. The zero-order valence-corrected chi connectivity index (χ0v) is 13.3. The van der Waals surface area contributed by atoms with E-state index >= 15 is 0 Å². The Labute approximate surface area is 136 Å². The van der Waals surface area contributed by atoms with Crippen molar-refractivity contribution in [2.24, 2.45) is 9.98 Å². The predicted molar refractivity (Wildman–Crippen MR) is 97.0 cm³/mol. The van der Waals surface area contributed by atoms with E-state index in [4.69, 9.17) is 0 Å². The maximum atomic E-state index is 4.43. The summed E-state index contributed by atoms with van der Waals surface area (Å²) in [6.45, 7) is 4.27. The third kappa shape index (κ3) is 3.45. The van der Waals surface area contributed by atoms with Crippen LogP contribution in [0.25, 0.3) is 11.1 Å². The summed E-state index contributed by atoms with van der Waals surface area (Å²) in [4.78, 5) is 8.69. The third-order valence-electron chi connectivity index (χ3n) is 3.90. The Hall–Kier alpha value is -2.96. The molecule has 0 radical (unpaired) electrons. The lowest BCUT2D eigenvalue weighted by Crippen LogP contribution is -1.87. The molecule has 3 aromatic carbocycles. The van der Waals surface area contributed by atoms with Crippen LogP contribution in [-0.2, 0) is 0 Å². The summed E-state index contributed by atoms with van der Waals surface area (Å²) in [6, 6.07) is 27.0. The van der Waals surface area contributed by atoms with Gasteiger partial charge in [0.1, 0.15) is 6.01 Å².